The number of hydrogen-bond donors (Lipinski definition) is 0. The lowest BCUT2D eigenvalue weighted by atomic mass is 10.1. The van der Waals surface area contributed by atoms with E-state index in [0.717, 1.165) is 11.3 Å². The summed E-state index contributed by atoms with van der Waals surface area (Å²) in [5.74, 6) is 0.155. The van der Waals surface area contributed by atoms with Gasteiger partial charge in [0.15, 0.2) is 0 Å². The van der Waals surface area contributed by atoms with E-state index in [4.69, 9.17) is 10.8 Å². The van der Waals surface area contributed by atoms with Crippen molar-refractivity contribution in [2.75, 3.05) is 0 Å². The Labute approximate surface area is 75.3 Å². The SMILES string of the molecule is Cc1cc(C)c(C#N)c(N=[N+]=[N-])n1. The molecule has 1 rings (SSSR count). The molecule has 0 atom stereocenters. The number of hydrogen-bond acceptors (Lipinski definition) is 3. The maximum Gasteiger partial charge on any atom is 0.145 e. The van der Waals surface area contributed by atoms with Gasteiger partial charge in [0.2, 0.25) is 0 Å². The van der Waals surface area contributed by atoms with Gasteiger partial charge < -0.3 is 0 Å². The van der Waals surface area contributed by atoms with Crippen LogP contribution in [0, 0.1) is 25.2 Å². The van der Waals surface area contributed by atoms with Crippen LogP contribution in [0.25, 0.3) is 10.4 Å². The predicted molar refractivity (Wildman–Crippen MR) is 47.2 cm³/mol. The number of azide groups is 1. The van der Waals surface area contributed by atoms with Gasteiger partial charge in [0.25, 0.3) is 0 Å². The average Bonchev–Trinajstić information content (AvgIpc) is 2.04. The second-order valence-corrected chi connectivity index (χ2v) is 2.58. The summed E-state index contributed by atoms with van der Waals surface area (Å²) in [6.45, 7) is 3.56. The molecule has 0 aliphatic carbocycles. The fraction of sp³-hybridized carbons (Fsp3) is 0.250. The highest BCUT2D eigenvalue weighted by Crippen LogP contribution is 2.19. The van der Waals surface area contributed by atoms with Crippen molar-refractivity contribution in [2.24, 2.45) is 5.11 Å². The van der Waals surface area contributed by atoms with Crippen molar-refractivity contribution >= 4 is 5.82 Å². The number of aryl methyl sites for hydroxylation is 2. The van der Waals surface area contributed by atoms with E-state index in [2.05, 4.69) is 15.0 Å². The Morgan fingerprint density at radius 3 is 2.85 bits per heavy atom. The topological polar surface area (TPSA) is 85.4 Å². The van der Waals surface area contributed by atoms with Crippen LogP contribution >= 0.6 is 0 Å². The zero-order chi connectivity index (χ0) is 9.84. The van der Waals surface area contributed by atoms with E-state index in [9.17, 15) is 0 Å². The van der Waals surface area contributed by atoms with Crippen LogP contribution in [-0.2, 0) is 0 Å². The maximum absolute atomic E-state index is 8.74. The lowest BCUT2D eigenvalue weighted by molar-refractivity contribution is 1.14. The smallest absolute Gasteiger partial charge is 0.145 e. The Morgan fingerprint density at radius 2 is 2.31 bits per heavy atom. The molecule has 5 nitrogen and oxygen atoms in total. The highest BCUT2D eigenvalue weighted by Gasteiger charge is 2.05. The van der Waals surface area contributed by atoms with Crippen molar-refractivity contribution in [3.8, 4) is 6.07 Å². The average molecular weight is 173 g/mol. The maximum atomic E-state index is 8.74. The zero-order valence-electron chi connectivity index (χ0n) is 7.31. The molecule has 0 amide bonds. The summed E-state index contributed by atoms with van der Waals surface area (Å²) in [5, 5.41) is 12.1. The molecule has 0 bridgehead atoms. The van der Waals surface area contributed by atoms with E-state index in [0.29, 0.717) is 5.56 Å². The number of nitrogens with zero attached hydrogens (tertiary/aromatic N) is 5. The molecule has 13 heavy (non-hydrogen) atoms. The van der Waals surface area contributed by atoms with Crippen molar-refractivity contribution in [1.82, 2.24) is 4.98 Å². The van der Waals surface area contributed by atoms with Crippen LogP contribution in [0.4, 0.5) is 5.82 Å². The molecule has 0 aromatic carbocycles. The summed E-state index contributed by atoms with van der Waals surface area (Å²) in [4.78, 5) is 6.56. The molecule has 0 radical (unpaired) electrons. The van der Waals surface area contributed by atoms with Gasteiger partial charge in [-0.3, -0.25) is 4.98 Å². The van der Waals surface area contributed by atoms with Gasteiger partial charge in [-0.2, -0.15) is 5.26 Å². The van der Waals surface area contributed by atoms with Gasteiger partial charge in [-0.25, -0.2) is 0 Å². The zero-order valence-corrected chi connectivity index (χ0v) is 7.31. The van der Waals surface area contributed by atoms with E-state index < -0.39 is 0 Å². The van der Waals surface area contributed by atoms with Gasteiger partial charge in [0.1, 0.15) is 11.9 Å². The van der Waals surface area contributed by atoms with Crippen LogP contribution in [0.5, 0.6) is 0 Å². The van der Waals surface area contributed by atoms with Crippen LogP contribution in [0.3, 0.4) is 0 Å². The molecule has 0 fully saturated rings. The van der Waals surface area contributed by atoms with E-state index in [1.54, 1.807) is 19.9 Å². The van der Waals surface area contributed by atoms with Crippen molar-refractivity contribution in [2.45, 2.75) is 13.8 Å². The van der Waals surface area contributed by atoms with E-state index >= 15 is 0 Å². The second-order valence-electron chi connectivity index (χ2n) is 2.58. The molecule has 0 saturated carbocycles. The minimum atomic E-state index is 0.155. The minimum Gasteiger partial charge on any atom is -0.250 e. The fourth-order valence-corrected chi connectivity index (χ4v) is 1.07. The van der Waals surface area contributed by atoms with Gasteiger partial charge in [0.05, 0.1) is 5.56 Å². The van der Waals surface area contributed by atoms with Gasteiger partial charge in [-0.15, -0.1) is 0 Å². The summed E-state index contributed by atoms with van der Waals surface area (Å²) < 4.78 is 0. The third kappa shape index (κ3) is 1.75. The first-order chi connectivity index (χ1) is 6.19. The molecular formula is C8H7N5. The Bertz CT molecular complexity index is 423. The highest BCUT2D eigenvalue weighted by molar-refractivity contribution is 5.52. The lowest BCUT2D eigenvalue weighted by Crippen LogP contribution is -1.89. The number of nitriles is 1. The molecule has 0 saturated heterocycles. The first-order valence-corrected chi connectivity index (χ1v) is 3.62. The minimum absolute atomic E-state index is 0.155. The first-order valence-electron chi connectivity index (χ1n) is 3.62. The van der Waals surface area contributed by atoms with Crippen LogP contribution < -0.4 is 0 Å². The number of aromatic nitrogens is 1. The first kappa shape index (κ1) is 9.04. The van der Waals surface area contributed by atoms with Crippen LogP contribution in [0.1, 0.15) is 16.8 Å². The molecular weight excluding hydrogens is 166 g/mol. The summed E-state index contributed by atoms with van der Waals surface area (Å²) in [6.07, 6.45) is 0. The number of pyridine rings is 1. The number of rotatable bonds is 1. The fourth-order valence-electron chi connectivity index (χ4n) is 1.07. The van der Waals surface area contributed by atoms with Gasteiger partial charge in [-0.1, -0.05) is 0 Å². The molecule has 0 N–H and O–H groups in total. The largest absolute Gasteiger partial charge is 0.250 e. The predicted octanol–water partition coefficient (Wildman–Crippen LogP) is 2.51. The summed E-state index contributed by atoms with van der Waals surface area (Å²) in [5.41, 5.74) is 10.1. The molecule has 0 unspecified atom stereocenters. The Kier molecular flexibility index (Phi) is 2.48. The molecule has 64 valence electrons. The van der Waals surface area contributed by atoms with Crippen LogP contribution in [0.15, 0.2) is 11.2 Å². The summed E-state index contributed by atoms with van der Waals surface area (Å²) in [7, 11) is 0. The molecule has 0 aliphatic rings. The summed E-state index contributed by atoms with van der Waals surface area (Å²) in [6, 6.07) is 3.72. The summed E-state index contributed by atoms with van der Waals surface area (Å²) >= 11 is 0. The molecule has 0 spiro atoms. The second kappa shape index (κ2) is 3.57. The third-order valence-electron chi connectivity index (χ3n) is 1.58. The van der Waals surface area contributed by atoms with Gasteiger partial charge in [0, 0.05) is 10.6 Å². The molecule has 0 aliphatic heterocycles. The van der Waals surface area contributed by atoms with Gasteiger partial charge in [-0.05, 0) is 36.1 Å². The molecule has 1 aromatic rings. The Balaban J connectivity index is 3.49. The lowest BCUT2D eigenvalue weighted by Gasteiger charge is -2.01. The Hall–Kier alpha value is -2.05. The van der Waals surface area contributed by atoms with E-state index in [1.165, 1.54) is 0 Å². The van der Waals surface area contributed by atoms with Crippen molar-refractivity contribution < 1.29 is 0 Å². The standard InChI is InChI=1S/C8H7N5/c1-5-3-6(2)11-8(12-13-10)7(5)4-9/h3H,1-2H3. The van der Waals surface area contributed by atoms with E-state index in [1.807, 2.05) is 6.07 Å². The van der Waals surface area contributed by atoms with Gasteiger partial charge >= 0.3 is 0 Å². The normalized spacial score (nSPS) is 8.69. The Morgan fingerprint density at radius 1 is 1.62 bits per heavy atom. The van der Waals surface area contributed by atoms with Crippen LogP contribution in [0.2, 0.25) is 0 Å². The van der Waals surface area contributed by atoms with Crippen molar-refractivity contribution in [3.05, 3.63) is 33.3 Å². The highest BCUT2D eigenvalue weighted by atomic mass is 15.2. The quantitative estimate of drug-likeness (QED) is 0.371. The molecule has 5 heteroatoms. The van der Waals surface area contributed by atoms with E-state index in [-0.39, 0.29) is 5.82 Å². The van der Waals surface area contributed by atoms with Crippen molar-refractivity contribution in [1.29, 1.82) is 5.26 Å². The third-order valence-corrected chi connectivity index (χ3v) is 1.58. The van der Waals surface area contributed by atoms with Crippen LogP contribution in [-0.4, -0.2) is 4.98 Å². The monoisotopic (exact) mass is 173 g/mol. The molecule has 1 heterocycles. The molecule has 1 aromatic heterocycles. The van der Waals surface area contributed by atoms with Crippen molar-refractivity contribution in [3.63, 3.8) is 0 Å².